The van der Waals surface area contributed by atoms with E-state index in [1.165, 1.54) is 0 Å². The van der Waals surface area contributed by atoms with Crippen molar-refractivity contribution in [2.45, 2.75) is 32.6 Å². The van der Waals surface area contributed by atoms with E-state index in [2.05, 4.69) is 11.9 Å². The first kappa shape index (κ1) is 12.1. The lowest BCUT2D eigenvalue weighted by Gasteiger charge is -2.16. The molecule has 2 heterocycles. The minimum absolute atomic E-state index is 0.281. The summed E-state index contributed by atoms with van der Waals surface area (Å²) in [5, 5.41) is 0. The topological polar surface area (TPSA) is 33.2 Å². The Hall–Kier alpha value is -1.38. The van der Waals surface area contributed by atoms with Crippen LogP contribution in [0.2, 0.25) is 0 Å². The van der Waals surface area contributed by atoms with Gasteiger partial charge in [0.05, 0.1) is 0 Å². The average Bonchev–Trinajstić information content (AvgIpc) is 2.70. The number of pyridine rings is 1. The van der Waals surface area contributed by atoms with Crippen LogP contribution < -0.4 is 0 Å². The Labute approximate surface area is 103 Å². The second-order valence-corrected chi connectivity index (χ2v) is 4.67. The number of aromatic nitrogens is 1. The molecule has 17 heavy (non-hydrogen) atoms. The van der Waals surface area contributed by atoms with Crippen LogP contribution in [-0.4, -0.2) is 28.9 Å². The van der Waals surface area contributed by atoms with E-state index < -0.39 is 0 Å². The maximum Gasteiger partial charge on any atom is 0.225 e. The van der Waals surface area contributed by atoms with Gasteiger partial charge in [-0.15, -0.1) is 0 Å². The standard InChI is InChI=1S/C14H20N2O/c1-2-5-12-7-10-16(14(12)17)11-8-13-6-3-4-9-15-13/h3-4,6,9,12H,2,5,7-8,10-11H2,1H3. The van der Waals surface area contributed by atoms with Crippen LogP contribution in [0.4, 0.5) is 0 Å². The zero-order chi connectivity index (χ0) is 12.1. The van der Waals surface area contributed by atoms with Gasteiger partial charge in [-0.3, -0.25) is 9.78 Å². The lowest BCUT2D eigenvalue weighted by molar-refractivity contribution is -0.131. The fraction of sp³-hybridized carbons (Fsp3) is 0.571. The van der Waals surface area contributed by atoms with Gasteiger partial charge in [0.15, 0.2) is 0 Å². The molecule has 3 nitrogen and oxygen atoms in total. The van der Waals surface area contributed by atoms with Gasteiger partial charge in [0.2, 0.25) is 5.91 Å². The van der Waals surface area contributed by atoms with Gasteiger partial charge in [-0.2, -0.15) is 0 Å². The summed E-state index contributed by atoms with van der Waals surface area (Å²) in [6, 6.07) is 5.93. The Kier molecular flexibility index (Phi) is 4.13. The lowest BCUT2D eigenvalue weighted by atomic mass is 10.0. The van der Waals surface area contributed by atoms with Crippen LogP contribution in [0.3, 0.4) is 0 Å². The van der Waals surface area contributed by atoms with Gasteiger partial charge >= 0.3 is 0 Å². The third-order valence-corrected chi connectivity index (χ3v) is 3.41. The van der Waals surface area contributed by atoms with E-state index in [1.54, 1.807) is 6.20 Å². The van der Waals surface area contributed by atoms with Gasteiger partial charge in [-0.05, 0) is 25.0 Å². The van der Waals surface area contributed by atoms with Gasteiger partial charge < -0.3 is 4.90 Å². The molecule has 0 bridgehead atoms. The molecule has 0 radical (unpaired) electrons. The Balaban J connectivity index is 1.83. The smallest absolute Gasteiger partial charge is 0.225 e. The normalized spacial score (nSPS) is 19.9. The van der Waals surface area contributed by atoms with Crippen LogP contribution in [0.5, 0.6) is 0 Å². The molecule has 0 N–H and O–H groups in total. The zero-order valence-corrected chi connectivity index (χ0v) is 10.4. The van der Waals surface area contributed by atoms with Gasteiger partial charge in [0.1, 0.15) is 0 Å². The number of rotatable bonds is 5. The van der Waals surface area contributed by atoms with Crippen molar-refractivity contribution in [1.29, 1.82) is 0 Å². The van der Waals surface area contributed by atoms with Crippen LogP contribution in [0.1, 0.15) is 31.9 Å². The first-order valence-electron chi connectivity index (χ1n) is 6.50. The monoisotopic (exact) mass is 232 g/mol. The summed E-state index contributed by atoms with van der Waals surface area (Å²) in [7, 11) is 0. The highest BCUT2D eigenvalue weighted by Crippen LogP contribution is 2.22. The lowest BCUT2D eigenvalue weighted by Crippen LogP contribution is -2.29. The summed E-state index contributed by atoms with van der Waals surface area (Å²) in [4.78, 5) is 18.3. The summed E-state index contributed by atoms with van der Waals surface area (Å²) < 4.78 is 0. The van der Waals surface area contributed by atoms with E-state index >= 15 is 0 Å². The molecule has 1 aromatic rings. The molecule has 0 spiro atoms. The van der Waals surface area contributed by atoms with E-state index in [0.717, 1.165) is 44.5 Å². The molecule has 3 heteroatoms. The molecular formula is C14H20N2O. The summed E-state index contributed by atoms with van der Waals surface area (Å²) >= 11 is 0. The molecule has 2 rings (SSSR count). The summed E-state index contributed by atoms with van der Waals surface area (Å²) in [5.74, 6) is 0.631. The number of carbonyl (C=O) groups is 1. The van der Waals surface area contributed by atoms with Gasteiger partial charge in [0, 0.05) is 37.3 Å². The second kappa shape index (κ2) is 5.80. The van der Waals surface area contributed by atoms with E-state index in [4.69, 9.17) is 0 Å². The highest BCUT2D eigenvalue weighted by molar-refractivity contribution is 5.80. The van der Waals surface area contributed by atoms with E-state index in [9.17, 15) is 4.79 Å². The Morgan fingerprint density at radius 3 is 3.06 bits per heavy atom. The zero-order valence-electron chi connectivity index (χ0n) is 10.4. The Morgan fingerprint density at radius 2 is 2.35 bits per heavy atom. The van der Waals surface area contributed by atoms with Crippen molar-refractivity contribution >= 4 is 5.91 Å². The fourth-order valence-electron chi connectivity index (χ4n) is 2.44. The highest BCUT2D eigenvalue weighted by Gasteiger charge is 2.30. The molecule has 92 valence electrons. The number of carbonyl (C=O) groups excluding carboxylic acids is 1. The summed E-state index contributed by atoms with van der Waals surface area (Å²) in [6.45, 7) is 3.89. The van der Waals surface area contributed by atoms with Crippen LogP contribution in [0, 0.1) is 5.92 Å². The van der Waals surface area contributed by atoms with Crippen LogP contribution in [0.15, 0.2) is 24.4 Å². The first-order valence-corrected chi connectivity index (χ1v) is 6.50. The summed E-state index contributed by atoms with van der Waals surface area (Å²) in [6.07, 6.45) is 5.85. The molecule has 1 fully saturated rings. The SMILES string of the molecule is CCCC1CCN(CCc2ccccn2)C1=O. The number of amides is 1. The highest BCUT2D eigenvalue weighted by atomic mass is 16.2. The van der Waals surface area contributed by atoms with Crippen molar-refractivity contribution < 1.29 is 4.79 Å². The fourth-order valence-corrected chi connectivity index (χ4v) is 2.44. The van der Waals surface area contributed by atoms with Gasteiger partial charge in [0.25, 0.3) is 0 Å². The number of likely N-dealkylation sites (tertiary alicyclic amines) is 1. The molecule has 1 amide bonds. The minimum Gasteiger partial charge on any atom is -0.342 e. The maximum absolute atomic E-state index is 12.0. The van der Waals surface area contributed by atoms with Crippen molar-refractivity contribution in [2.75, 3.05) is 13.1 Å². The molecule has 1 unspecified atom stereocenters. The Morgan fingerprint density at radius 1 is 1.47 bits per heavy atom. The van der Waals surface area contributed by atoms with Crippen molar-refractivity contribution in [2.24, 2.45) is 5.92 Å². The van der Waals surface area contributed by atoms with Crippen molar-refractivity contribution in [3.8, 4) is 0 Å². The predicted octanol–water partition coefficient (Wildman–Crippen LogP) is 2.27. The molecule has 0 aliphatic carbocycles. The molecular weight excluding hydrogens is 212 g/mol. The predicted molar refractivity (Wildman–Crippen MR) is 67.5 cm³/mol. The molecule has 1 saturated heterocycles. The van der Waals surface area contributed by atoms with Crippen molar-refractivity contribution in [3.63, 3.8) is 0 Å². The minimum atomic E-state index is 0.281. The molecule has 0 saturated carbocycles. The van der Waals surface area contributed by atoms with E-state index in [-0.39, 0.29) is 5.92 Å². The molecule has 0 aromatic carbocycles. The van der Waals surface area contributed by atoms with Crippen LogP contribution in [0.25, 0.3) is 0 Å². The number of hydrogen-bond acceptors (Lipinski definition) is 2. The van der Waals surface area contributed by atoms with E-state index in [1.807, 2.05) is 23.1 Å². The molecule has 1 aliphatic heterocycles. The molecule has 1 aliphatic rings. The van der Waals surface area contributed by atoms with Crippen LogP contribution in [-0.2, 0) is 11.2 Å². The number of hydrogen-bond donors (Lipinski definition) is 0. The van der Waals surface area contributed by atoms with Crippen LogP contribution >= 0.6 is 0 Å². The third-order valence-electron chi connectivity index (χ3n) is 3.41. The first-order chi connectivity index (χ1) is 8.31. The van der Waals surface area contributed by atoms with Gasteiger partial charge in [-0.1, -0.05) is 19.4 Å². The third kappa shape index (κ3) is 3.05. The second-order valence-electron chi connectivity index (χ2n) is 4.67. The maximum atomic E-state index is 12.0. The van der Waals surface area contributed by atoms with Crippen molar-refractivity contribution in [1.82, 2.24) is 9.88 Å². The van der Waals surface area contributed by atoms with Crippen molar-refractivity contribution in [3.05, 3.63) is 30.1 Å². The largest absolute Gasteiger partial charge is 0.342 e. The van der Waals surface area contributed by atoms with E-state index in [0.29, 0.717) is 5.91 Å². The molecule has 1 atom stereocenters. The average molecular weight is 232 g/mol. The Bertz CT molecular complexity index is 364. The van der Waals surface area contributed by atoms with Gasteiger partial charge in [-0.25, -0.2) is 0 Å². The number of nitrogens with zero attached hydrogens (tertiary/aromatic N) is 2. The summed E-state index contributed by atoms with van der Waals surface area (Å²) in [5.41, 5.74) is 1.07. The molecule has 1 aromatic heterocycles. The quantitative estimate of drug-likeness (QED) is 0.780.